The van der Waals surface area contributed by atoms with Crippen LogP contribution in [0.1, 0.15) is 0 Å². The molecule has 6 N–H and O–H groups in total. The number of aliphatic hydroxyl groups excluding tert-OH is 5. The summed E-state index contributed by atoms with van der Waals surface area (Å²) in [4.78, 5) is 0. The van der Waals surface area contributed by atoms with Crippen molar-refractivity contribution in [1.29, 1.82) is 5.41 Å². The van der Waals surface area contributed by atoms with Crippen LogP contribution in [0.25, 0.3) is 0 Å². The minimum absolute atomic E-state index is 0.526. The lowest BCUT2D eigenvalue weighted by atomic mass is 10.00. The van der Waals surface area contributed by atoms with Crippen molar-refractivity contribution in [2.24, 2.45) is 0 Å². The summed E-state index contributed by atoms with van der Waals surface area (Å²) < 4.78 is 4.58. The average Bonchev–Trinajstić information content (AvgIpc) is 2.21. The third kappa shape index (κ3) is 3.90. The highest BCUT2D eigenvalue weighted by Gasteiger charge is 2.42. The minimum atomic E-state index is -1.57. The Morgan fingerprint density at radius 3 is 2.00 bits per heavy atom. The van der Waals surface area contributed by atoms with E-state index < -0.39 is 37.3 Å². The molecule has 0 bridgehead atoms. The fourth-order valence-corrected chi connectivity index (χ4v) is 1.08. The number of isothiocyanates is 1. The standard InChI is InChI=1S/C6H12O6.CHNS/c7-1-2-3(8)4(9)5(10)6(11)12-2;2-1-3/h2-11H,1H2;2H/t2-,3-,4+,5-,6+;/m1./s1. The van der Waals surface area contributed by atoms with Gasteiger partial charge in [-0.3, -0.25) is 0 Å². The van der Waals surface area contributed by atoms with Crippen LogP contribution in [0.3, 0.4) is 0 Å². The highest BCUT2D eigenvalue weighted by molar-refractivity contribution is 7.78. The van der Waals surface area contributed by atoms with Crippen molar-refractivity contribution in [1.82, 2.24) is 0 Å². The Bertz CT molecular complexity index is 217. The van der Waals surface area contributed by atoms with Crippen molar-refractivity contribution >= 4 is 17.4 Å². The van der Waals surface area contributed by atoms with E-state index in [1.165, 1.54) is 0 Å². The Balaban J connectivity index is 0.000000583. The largest absolute Gasteiger partial charge is 0.394 e. The van der Waals surface area contributed by atoms with Crippen LogP contribution in [0.2, 0.25) is 0 Å². The van der Waals surface area contributed by atoms with Crippen molar-refractivity contribution in [2.45, 2.75) is 30.7 Å². The van der Waals surface area contributed by atoms with Gasteiger partial charge in [0.1, 0.15) is 24.4 Å². The topological polar surface area (TPSA) is 134 Å². The van der Waals surface area contributed by atoms with Gasteiger partial charge in [0.15, 0.2) is 6.29 Å². The zero-order chi connectivity index (χ0) is 12.0. The second-order valence-electron chi connectivity index (χ2n) is 2.82. The summed E-state index contributed by atoms with van der Waals surface area (Å²) in [5, 5.41) is 52.0. The second-order valence-corrected chi connectivity index (χ2v) is 3.03. The van der Waals surface area contributed by atoms with Gasteiger partial charge in [0.05, 0.1) is 11.8 Å². The normalized spacial score (nSPS) is 39.9. The van der Waals surface area contributed by atoms with Crippen LogP contribution in [0.15, 0.2) is 0 Å². The van der Waals surface area contributed by atoms with Crippen LogP contribution in [-0.2, 0) is 4.74 Å². The summed E-state index contributed by atoms with van der Waals surface area (Å²) >= 11 is 3.81. The van der Waals surface area contributed by atoms with Gasteiger partial charge in [-0.25, -0.2) is 5.41 Å². The first-order valence-electron chi connectivity index (χ1n) is 4.02. The van der Waals surface area contributed by atoms with Gasteiger partial charge < -0.3 is 30.3 Å². The Morgan fingerprint density at radius 2 is 1.60 bits per heavy atom. The molecule has 5 atom stereocenters. The van der Waals surface area contributed by atoms with Crippen molar-refractivity contribution in [3.8, 4) is 0 Å². The zero-order valence-electron chi connectivity index (χ0n) is 7.65. The molecule has 1 saturated heterocycles. The predicted molar refractivity (Wildman–Crippen MR) is 51.3 cm³/mol. The molecule has 7 nitrogen and oxygen atoms in total. The van der Waals surface area contributed by atoms with Crippen LogP contribution in [0.5, 0.6) is 0 Å². The molecule has 0 unspecified atom stereocenters. The first-order valence-corrected chi connectivity index (χ1v) is 4.42. The molecular formula is C7H13NO6S. The molecule has 1 fully saturated rings. The molecular weight excluding hydrogens is 226 g/mol. The molecule has 0 aromatic heterocycles. The van der Waals surface area contributed by atoms with Gasteiger partial charge >= 0.3 is 0 Å². The number of aliphatic hydroxyl groups is 5. The molecule has 0 aromatic rings. The van der Waals surface area contributed by atoms with Crippen molar-refractivity contribution < 1.29 is 30.3 Å². The van der Waals surface area contributed by atoms with Crippen molar-refractivity contribution in [3.05, 3.63) is 0 Å². The van der Waals surface area contributed by atoms with Gasteiger partial charge in [-0.1, -0.05) is 0 Å². The van der Waals surface area contributed by atoms with Gasteiger partial charge in [-0.05, 0) is 12.2 Å². The summed E-state index contributed by atoms with van der Waals surface area (Å²) in [5.74, 6) is 0. The van der Waals surface area contributed by atoms with Crippen LogP contribution in [0, 0.1) is 5.41 Å². The lowest BCUT2D eigenvalue weighted by Crippen LogP contribution is -2.58. The Morgan fingerprint density at radius 1 is 1.13 bits per heavy atom. The fraction of sp³-hybridized carbons (Fsp3) is 0.857. The van der Waals surface area contributed by atoms with E-state index in [4.69, 9.17) is 30.9 Å². The summed E-state index contributed by atoms with van der Waals surface area (Å²) in [6.45, 7) is -0.526. The molecule has 0 radical (unpaired) electrons. The maximum atomic E-state index is 9.12. The molecule has 0 aromatic carbocycles. The molecule has 1 aliphatic rings. The highest BCUT2D eigenvalue weighted by atomic mass is 32.1. The second kappa shape index (κ2) is 6.94. The fourth-order valence-electron chi connectivity index (χ4n) is 1.08. The van der Waals surface area contributed by atoms with E-state index in [1.54, 1.807) is 5.16 Å². The maximum Gasteiger partial charge on any atom is 0.184 e. The molecule has 0 aliphatic carbocycles. The molecule has 0 amide bonds. The highest BCUT2D eigenvalue weighted by Crippen LogP contribution is 2.18. The maximum absolute atomic E-state index is 9.12. The van der Waals surface area contributed by atoms with E-state index in [9.17, 15) is 0 Å². The number of ether oxygens (including phenoxy) is 1. The van der Waals surface area contributed by atoms with Crippen LogP contribution in [0.4, 0.5) is 0 Å². The van der Waals surface area contributed by atoms with E-state index in [0.717, 1.165) is 0 Å². The molecule has 1 aliphatic heterocycles. The molecule has 8 heteroatoms. The monoisotopic (exact) mass is 239 g/mol. The number of nitrogens with one attached hydrogen (secondary N) is 1. The summed E-state index contributed by atoms with van der Waals surface area (Å²) in [7, 11) is 0. The van der Waals surface area contributed by atoms with Crippen LogP contribution in [-0.4, -0.2) is 68.0 Å². The first kappa shape index (κ1) is 14.6. The molecule has 0 spiro atoms. The summed E-state index contributed by atoms with van der Waals surface area (Å²) in [6, 6.07) is 0. The SMILES string of the molecule is N=C=S.OC[C@H]1O[C@H](O)[C@H](O)[C@@H](O)[C@@H]1O. The number of thiocarbonyl (C=S) groups is 1. The van der Waals surface area contributed by atoms with E-state index in [2.05, 4.69) is 17.0 Å². The summed E-state index contributed by atoms with van der Waals surface area (Å²) in [5.41, 5.74) is 0. The molecule has 15 heavy (non-hydrogen) atoms. The summed E-state index contributed by atoms with van der Waals surface area (Å²) in [6.07, 6.45) is -7.04. The third-order valence-electron chi connectivity index (χ3n) is 1.87. The van der Waals surface area contributed by atoms with Gasteiger partial charge in [-0.15, -0.1) is 0 Å². The quantitative estimate of drug-likeness (QED) is 0.219. The third-order valence-corrected chi connectivity index (χ3v) is 1.87. The van der Waals surface area contributed by atoms with E-state index >= 15 is 0 Å². The number of hydrogen-bond acceptors (Lipinski definition) is 8. The minimum Gasteiger partial charge on any atom is -0.394 e. The van der Waals surface area contributed by atoms with Crippen LogP contribution >= 0.6 is 12.2 Å². The Labute approximate surface area is 91.1 Å². The molecule has 88 valence electrons. The molecule has 0 saturated carbocycles. The van der Waals surface area contributed by atoms with Crippen molar-refractivity contribution in [2.75, 3.05) is 6.61 Å². The van der Waals surface area contributed by atoms with Crippen molar-refractivity contribution in [3.63, 3.8) is 0 Å². The van der Waals surface area contributed by atoms with Gasteiger partial charge in [0.2, 0.25) is 0 Å². The lowest BCUT2D eigenvalue weighted by Gasteiger charge is -2.37. The van der Waals surface area contributed by atoms with Gasteiger partial charge in [-0.2, -0.15) is 0 Å². The van der Waals surface area contributed by atoms with Gasteiger partial charge in [0.25, 0.3) is 0 Å². The number of rotatable bonds is 1. The van der Waals surface area contributed by atoms with E-state index in [1.807, 2.05) is 0 Å². The lowest BCUT2D eigenvalue weighted by molar-refractivity contribution is -0.286. The predicted octanol–water partition coefficient (Wildman–Crippen LogP) is -2.55. The van der Waals surface area contributed by atoms with E-state index in [0.29, 0.717) is 0 Å². The van der Waals surface area contributed by atoms with Crippen LogP contribution < -0.4 is 0 Å². The van der Waals surface area contributed by atoms with Gasteiger partial charge in [0, 0.05) is 0 Å². The first-order chi connectivity index (χ1) is 6.99. The molecule has 1 rings (SSSR count). The average molecular weight is 239 g/mol. The number of hydrogen-bond donors (Lipinski definition) is 6. The smallest absolute Gasteiger partial charge is 0.184 e. The zero-order valence-corrected chi connectivity index (χ0v) is 8.46. The van der Waals surface area contributed by atoms with E-state index in [-0.39, 0.29) is 0 Å². The molecule has 1 heterocycles. The Kier molecular flexibility index (Phi) is 6.73. The Hall–Kier alpha value is -0.440.